The van der Waals surface area contributed by atoms with E-state index in [1.807, 2.05) is 18.2 Å². The van der Waals surface area contributed by atoms with Gasteiger partial charge < -0.3 is 9.47 Å². The maximum absolute atomic E-state index is 12.7. The van der Waals surface area contributed by atoms with Gasteiger partial charge >= 0.3 is 163 Å². The minimum absolute atomic E-state index is 0.160. The third-order valence-corrected chi connectivity index (χ3v) is 6.05. The Labute approximate surface area is 192 Å². The van der Waals surface area contributed by atoms with Crippen molar-refractivity contribution < 1.29 is 48.5 Å². The van der Waals surface area contributed by atoms with E-state index in [-0.39, 0.29) is 5.91 Å². The maximum atomic E-state index is 12.7. The van der Waals surface area contributed by atoms with E-state index in [2.05, 4.69) is 16.3 Å². The molecule has 3 rings (SSSR count). The fourth-order valence-corrected chi connectivity index (χ4v) is 4.46. The first kappa shape index (κ1) is 22.6. The van der Waals surface area contributed by atoms with Crippen molar-refractivity contribution in [1.82, 2.24) is 10.2 Å². The number of benzene rings is 2. The van der Waals surface area contributed by atoms with Crippen LogP contribution in [0.1, 0.15) is 21.5 Å². The molecule has 0 saturated carbocycles. The number of rotatable bonds is 8. The van der Waals surface area contributed by atoms with Crippen LogP contribution in [-0.2, 0) is 13.0 Å². The first-order chi connectivity index (χ1) is 14.5. The van der Waals surface area contributed by atoms with E-state index >= 15 is 0 Å². The van der Waals surface area contributed by atoms with Gasteiger partial charge in [-0.1, -0.05) is 0 Å². The summed E-state index contributed by atoms with van der Waals surface area (Å²) in [6.07, 6.45) is 0.939. The number of carbonyl (C=O) groups is 1. The van der Waals surface area contributed by atoms with Crippen LogP contribution in [0.25, 0.3) is 0 Å². The molecule has 0 fully saturated rings. The molecule has 0 atom stereocenters. The molecule has 2 aromatic carbocycles. The predicted octanol–water partition coefficient (Wildman–Crippen LogP) is 1.68. The predicted molar refractivity (Wildman–Crippen MR) is 110 cm³/mol. The summed E-state index contributed by atoms with van der Waals surface area (Å²) in [5.41, 5.74) is 3.01. The van der Waals surface area contributed by atoms with Gasteiger partial charge in [0.05, 0.1) is 14.2 Å². The van der Waals surface area contributed by atoms with Gasteiger partial charge in [0.2, 0.25) is 0 Å². The summed E-state index contributed by atoms with van der Waals surface area (Å²) in [5.74, 6) is 2.38. The number of hydrogen-bond donors (Lipinski definition) is 1. The van der Waals surface area contributed by atoms with Gasteiger partial charge in [-0.05, 0) is 0 Å². The molecule has 0 radical (unpaired) electrons. The average molecular weight is 610 g/mol. The van der Waals surface area contributed by atoms with E-state index in [0.29, 0.717) is 23.6 Å². The third kappa shape index (κ3) is 4.98. The molecular formula is C22H27AtN2O5. The second-order valence-corrected chi connectivity index (χ2v) is 8.64. The second kappa shape index (κ2) is 10.3. The molecule has 1 aliphatic heterocycles. The van der Waals surface area contributed by atoms with E-state index in [9.17, 15) is 4.79 Å². The number of nitrogens with one attached hydrogen (secondary N) is 1. The molecule has 7 nitrogen and oxygen atoms in total. The molecule has 0 unspecified atom stereocenters. The first-order valence-electron chi connectivity index (χ1n) is 9.66. The number of amides is 1. The van der Waals surface area contributed by atoms with E-state index in [1.54, 1.807) is 28.4 Å². The molecule has 1 heterocycles. The van der Waals surface area contributed by atoms with Crippen molar-refractivity contribution in [2.75, 3.05) is 48.1 Å². The normalized spacial score (nSPS) is 13.4. The van der Waals surface area contributed by atoms with Crippen molar-refractivity contribution in [2.45, 2.75) is 13.0 Å². The van der Waals surface area contributed by atoms with Crippen LogP contribution in [-0.4, -0.2) is 58.9 Å². The Kier molecular flexibility index (Phi) is 7.78. The zero-order valence-electron chi connectivity index (χ0n) is 17.7. The minimum atomic E-state index is -0.160. The van der Waals surface area contributed by atoms with Crippen LogP contribution in [0, 0.1) is 24.7 Å². The van der Waals surface area contributed by atoms with Crippen molar-refractivity contribution >= 4 is 9.18 Å². The summed E-state index contributed by atoms with van der Waals surface area (Å²) in [5, 5.41) is 3.01. The van der Waals surface area contributed by atoms with E-state index in [0.717, 1.165) is 40.8 Å². The topological polar surface area (TPSA) is 69.3 Å². The van der Waals surface area contributed by atoms with Crippen LogP contribution in [0.3, 0.4) is 0 Å². The van der Waals surface area contributed by atoms with Gasteiger partial charge in [0, 0.05) is 0 Å². The second-order valence-electron chi connectivity index (χ2n) is 6.95. The molecule has 30 heavy (non-hydrogen) atoms. The molecule has 0 spiro atoms. The van der Waals surface area contributed by atoms with Crippen molar-refractivity contribution in [3.05, 3.63) is 41.0 Å². The van der Waals surface area contributed by atoms with Gasteiger partial charge in [0.15, 0.2) is 5.75 Å². The number of methoxy groups -OCH3 is 4. The third-order valence-electron chi connectivity index (χ3n) is 5.20. The number of hydrogen-bond acceptors (Lipinski definition) is 6. The standard InChI is InChI=1S/C22H27AtN2O5/c1-27-18-9-14-5-7-25(13-15(14)10-19(18)28-2)8-6-24-22(26)17-11-16(23)12-20(29-3)21(17)30-4/h9-12H,5-8,13H2,1-4H3,(H,24,26)/i23+1. The number of nitrogens with zero attached hydrogens (tertiary/aromatic N) is 1. The van der Waals surface area contributed by atoms with Crippen LogP contribution >= 0.6 is 0 Å². The van der Waals surface area contributed by atoms with Crippen molar-refractivity contribution in [1.29, 1.82) is 0 Å². The van der Waals surface area contributed by atoms with Crippen LogP contribution < -0.4 is 27.5 Å². The summed E-state index contributed by atoms with van der Waals surface area (Å²) < 4.78 is 22.6. The molecule has 1 aliphatic rings. The molecule has 0 saturated heterocycles. The summed E-state index contributed by atoms with van der Waals surface area (Å²) in [6, 6.07) is 7.82. The SMILES string of the molecule is COc1cc2c(cc1OC)CN(CCNC(=O)c1cc([211At])cc(OC)c1OC)CC2. The van der Waals surface area contributed by atoms with Crippen LogP contribution in [0.5, 0.6) is 23.0 Å². The summed E-state index contributed by atoms with van der Waals surface area (Å²) in [7, 11) is 6.42. The Morgan fingerprint density at radius 2 is 1.63 bits per heavy atom. The Balaban J connectivity index is 1.62. The molecular weight excluding hydrogens is 583 g/mol. The van der Waals surface area contributed by atoms with Gasteiger partial charge in [-0.15, -0.1) is 0 Å². The van der Waals surface area contributed by atoms with Crippen LogP contribution in [0.4, 0.5) is 0 Å². The quantitative estimate of drug-likeness (QED) is 0.491. The molecule has 1 N–H and O–H groups in total. The van der Waals surface area contributed by atoms with Gasteiger partial charge in [-0.2, -0.15) is 0 Å². The van der Waals surface area contributed by atoms with Gasteiger partial charge in [-0.3, -0.25) is 0 Å². The Bertz CT molecular complexity index is 919. The van der Waals surface area contributed by atoms with E-state index < -0.39 is 0 Å². The molecule has 0 aromatic heterocycles. The van der Waals surface area contributed by atoms with Crippen LogP contribution in [0.2, 0.25) is 0 Å². The molecule has 8 heteroatoms. The number of ether oxygens (including phenoxy) is 4. The first-order valence-corrected chi connectivity index (χ1v) is 11.1. The van der Waals surface area contributed by atoms with Gasteiger partial charge in [0.25, 0.3) is 0 Å². The molecule has 0 bridgehead atoms. The van der Waals surface area contributed by atoms with Crippen molar-refractivity contribution in [2.24, 2.45) is 0 Å². The average Bonchev–Trinajstić information content (AvgIpc) is 2.77. The summed E-state index contributed by atoms with van der Waals surface area (Å²) in [4.78, 5) is 15.1. The fraction of sp³-hybridized carbons (Fsp3) is 0.409. The Morgan fingerprint density at radius 1 is 0.967 bits per heavy atom. The summed E-state index contributed by atoms with van der Waals surface area (Å²) >= 11 is 1.48. The fourth-order valence-electron chi connectivity index (χ4n) is 3.65. The molecule has 0 aliphatic carbocycles. The summed E-state index contributed by atoms with van der Waals surface area (Å²) in [6.45, 7) is 3.05. The molecule has 162 valence electrons. The van der Waals surface area contributed by atoms with Crippen molar-refractivity contribution in [3.63, 3.8) is 0 Å². The zero-order valence-corrected chi connectivity index (χ0v) is 20.7. The molecule has 2 aromatic rings. The van der Waals surface area contributed by atoms with Crippen molar-refractivity contribution in [3.8, 4) is 23.0 Å². The van der Waals surface area contributed by atoms with Gasteiger partial charge in [-0.25, -0.2) is 0 Å². The van der Waals surface area contributed by atoms with E-state index in [1.165, 1.54) is 35.8 Å². The Morgan fingerprint density at radius 3 is 2.27 bits per heavy atom. The van der Waals surface area contributed by atoms with Gasteiger partial charge in [0.1, 0.15) is 0 Å². The van der Waals surface area contributed by atoms with E-state index in [4.69, 9.17) is 18.9 Å². The zero-order chi connectivity index (χ0) is 21.7. The van der Waals surface area contributed by atoms with Crippen LogP contribution in [0.15, 0.2) is 24.3 Å². The molecule has 1 amide bonds. The monoisotopic (exact) mass is 610 g/mol. The number of fused-ring (bicyclic) bond motifs is 1. The Hall–Kier alpha value is -2.05. The number of carbonyl (C=O) groups excluding carboxylic acids is 1.